The Morgan fingerprint density at radius 1 is 0.962 bits per heavy atom. The van der Waals surface area contributed by atoms with E-state index in [1.165, 1.54) is 29.5 Å². The average molecular weight is 717 g/mol. The Morgan fingerprint density at radius 2 is 1.68 bits per heavy atom. The minimum absolute atomic E-state index is 0.0250. The Bertz CT molecular complexity index is 1970. The van der Waals surface area contributed by atoms with Crippen molar-refractivity contribution in [3.8, 4) is 11.3 Å². The molecule has 1 aliphatic carbocycles. The topological polar surface area (TPSA) is 103 Å². The van der Waals surface area contributed by atoms with E-state index >= 15 is 0 Å². The van der Waals surface area contributed by atoms with Crippen LogP contribution in [0.4, 0.5) is 4.79 Å². The molecule has 3 saturated heterocycles. The Labute approximate surface area is 314 Å². The summed E-state index contributed by atoms with van der Waals surface area (Å²) in [5.74, 6) is 1.69. The number of carbonyl (C=O) groups is 2. The number of fused-ring (bicyclic) bond motifs is 4. The second-order valence-electron chi connectivity index (χ2n) is 16.7. The SMILES string of the molecule is Cc1cc(C)cc(-c2[nH]c3ccc(C(C)(C)C(=O)N4CC5CCC4CC5)cc3c2[C@H](C)CN=C(NC(=O)OC(C)C)N2CCC(c3ccncc3)C2)c1. The number of aliphatic imine (C=N–C) groups is 1. The Balaban J connectivity index is 1.24. The summed E-state index contributed by atoms with van der Waals surface area (Å²) in [6.45, 7) is 17.2. The fourth-order valence-corrected chi connectivity index (χ4v) is 8.99. The second kappa shape index (κ2) is 15.0. The summed E-state index contributed by atoms with van der Waals surface area (Å²) < 4.78 is 5.51. The number of benzene rings is 2. The van der Waals surface area contributed by atoms with Crippen LogP contribution in [-0.4, -0.2) is 76.1 Å². The summed E-state index contributed by atoms with van der Waals surface area (Å²) in [4.78, 5) is 44.7. The molecule has 9 nitrogen and oxygen atoms in total. The van der Waals surface area contributed by atoms with Crippen LogP contribution in [0.2, 0.25) is 0 Å². The number of piperidine rings is 2. The first kappa shape index (κ1) is 36.7. The predicted octanol–water partition coefficient (Wildman–Crippen LogP) is 8.61. The van der Waals surface area contributed by atoms with Crippen LogP contribution >= 0.6 is 0 Å². The zero-order valence-corrected chi connectivity index (χ0v) is 32.5. The van der Waals surface area contributed by atoms with E-state index < -0.39 is 11.5 Å². The van der Waals surface area contributed by atoms with Gasteiger partial charge in [0.25, 0.3) is 0 Å². The molecule has 2 N–H and O–H groups in total. The van der Waals surface area contributed by atoms with E-state index in [1.54, 1.807) is 0 Å². The van der Waals surface area contributed by atoms with Gasteiger partial charge in [-0.2, -0.15) is 0 Å². The van der Waals surface area contributed by atoms with Gasteiger partial charge in [-0.3, -0.25) is 20.1 Å². The summed E-state index contributed by atoms with van der Waals surface area (Å²) in [5, 5.41) is 4.10. The summed E-state index contributed by atoms with van der Waals surface area (Å²) in [5.41, 5.74) is 8.39. The first-order valence-corrected chi connectivity index (χ1v) is 19.6. The Hall–Kier alpha value is -4.66. The molecule has 53 heavy (non-hydrogen) atoms. The van der Waals surface area contributed by atoms with Crippen LogP contribution < -0.4 is 5.32 Å². The van der Waals surface area contributed by atoms with Crippen molar-refractivity contribution < 1.29 is 14.3 Å². The summed E-state index contributed by atoms with van der Waals surface area (Å²) in [7, 11) is 0. The van der Waals surface area contributed by atoms with Gasteiger partial charge in [0.1, 0.15) is 0 Å². The second-order valence-corrected chi connectivity index (χ2v) is 16.7. The van der Waals surface area contributed by atoms with Crippen molar-refractivity contribution in [3.63, 3.8) is 0 Å². The number of pyridine rings is 1. The van der Waals surface area contributed by atoms with Crippen molar-refractivity contribution >= 4 is 28.9 Å². The van der Waals surface area contributed by atoms with Gasteiger partial charge in [-0.05, 0) is 138 Å². The summed E-state index contributed by atoms with van der Waals surface area (Å²) in [6.07, 6.45) is 8.61. The number of rotatable bonds is 8. The van der Waals surface area contributed by atoms with Gasteiger partial charge in [0.05, 0.1) is 17.2 Å². The van der Waals surface area contributed by atoms with Gasteiger partial charge in [0.15, 0.2) is 0 Å². The zero-order chi connectivity index (χ0) is 37.4. The molecule has 2 bridgehead atoms. The van der Waals surface area contributed by atoms with Gasteiger partial charge < -0.3 is 19.5 Å². The number of nitrogens with one attached hydrogen (secondary N) is 2. The minimum Gasteiger partial charge on any atom is -0.447 e. The van der Waals surface area contributed by atoms with Crippen molar-refractivity contribution in [2.45, 2.75) is 110 Å². The van der Waals surface area contributed by atoms with Crippen LogP contribution in [0.1, 0.15) is 106 Å². The van der Waals surface area contributed by atoms with E-state index in [0.29, 0.717) is 30.4 Å². The average Bonchev–Trinajstić information content (AvgIpc) is 3.79. The molecule has 8 rings (SSSR count). The van der Waals surface area contributed by atoms with Gasteiger partial charge >= 0.3 is 6.09 Å². The fraction of sp³-hybridized carbons (Fsp3) is 0.500. The molecule has 0 radical (unpaired) electrons. The molecular weight excluding hydrogens is 661 g/mol. The van der Waals surface area contributed by atoms with Crippen molar-refractivity contribution in [3.05, 3.63) is 88.7 Å². The number of H-pyrrole nitrogens is 1. The number of hydrogen-bond acceptors (Lipinski definition) is 5. The van der Waals surface area contributed by atoms with Gasteiger partial charge in [-0.25, -0.2) is 4.79 Å². The quantitative estimate of drug-likeness (QED) is 0.141. The maximum atomic E-state index is 14.3. The zero-order valence-electron chi connectivity index (χ0n) is 32.5. The molecule has 2 aromatic carbocycles. The number of likely N-dealkylation sites (tertiary alicyclic amines) is 1. The standard InChI is InChI=1S/C44H56N6O3/c1-27(2)53-43(52)48-42(49-19-16-33(26-49)32-14-17-45-18-15-32)46-24-30(5)39-37-23-35(44(6,7)41(51)50-25-31-8-11-36(50)12-9-31)10-13-38(37)47-40(39)34-21-28(3)20-29(4)22-34/h10,13-15,17-18,20-23,27,30-31,33,36,47H,8-9,11-12,16,19,24-26H2,1-7H3,(H,46,48,52)/t30-,31?,33?,36?/m1/s1. The number of hydrogen-bond donors (Lipinski definition) is 2. The lowest BCUT2D eigenvalue weighted by atomic mass is 9.76. The maximum Gasteiger partial charge on any atom is 0.414 e. The normalized spacial score (nSPS) is 21.1. The van der Waals surface area contributed by atoms with E-state index in [2.05, 4.69) is 108 Å². The number of aromatic nitrogens is 2. The third-order valence-corrected chi connectivity index (χ3v) is 11.8. The van der Waals surface area contributed by atoms with Gasteiger partial charge in [-0.15, -0.1) is 0 Å². The van der Waals surface area contributed by atoms with Crippen molar-refractivity contribution in [2.75, 3.05) is 26.2 Å². The van der Waals surface area contributed by atoms with E-state index in [9.17, 15) is 9.59 Å². The van der Waals surface area contributed by atoms with E-state index in [-0.39, 0.29) is 17.9 Å². The van der Waals surface area contributed by atoms with E-state index in [1.807, 2.05) is 26.2 Å². The molecule has 2 atom stereocenters. The maximum absolute atomic E-state index is 14.3. The third kappa shape index (κ3) is 7.71. The summed E-state index contributed by atoms with van der Waals surface area (Å²) >= 11 is 0. The fourth-order valence-electron chi connectivity index (χ4n) is 8.99. The van der Waals surface area contributed by atoms with Crippen molar-refractivity contribution in [2.24, 2.45) is 10.9 Å². The molecule has 9 heteroatoms. The Kier molecular flexibility index (Phi) is 10.4. The van der Waals surface area contributed by atoms with E-state index in [0.717, 1.165) is 72.2 Å². The first-order valence-electron chi connectivity index (χ1n) is 19.6. The van der Waals surface area contributed by atoms with Crippen LogP contribution in [0.15, 0.2) is 65.9 Å². The molecule has 4 fully saturated rings. The largest absolute Gasteiger partial charge is 0.447 e. The van der Waals surface area contributed by atoms with Crippen molar-refractivity contribution in [1.82, 2.24) is 25.1 Å². The number of carbonyl (C=O) groups excluding carboxylic acids is 2. The number of aromatic amines is 1. The smallest absolute Gasteiger partial charge is 0.414 e. The van der Waals surface area contributed by atoms with Crippen LogP contribution in [0.5, 0.6) is 0 Å². The third-order valence-electron chi connectivity index (χ3n) is 11.8. The molecule has 280 valence electrons. The highest BCUT2D eigenvalue weighted by Crippen LogP contribution is 2.41. The molecule has 5 heterocycles. The van der Waals surface area contributed by atoms with Gasteiger partial charge in [0, 0.05) is 67.4 Å². The number of guanidine groups is 1. The molecule has 1 unspecified atom stereocenters. The number of ether oxygens (including phenoxy) is 1. The lowest BCUT2D eigenvalue weighted by Crippen LogP contribution is -2.55. The number of alkyl carbamates (subject to hydrolysis) is 1. The number of nitrogens with zero attached hydrogens (tertiary/aromatic N) is 4. The number of aryl methyl sites for hydroxylation is 2. The highest BCUT2D eigenvalue weighted by atomic mass is 16.6. The lowest BCUT2D eigenvalue weighted by Gasteiger charge is -2.47. The summed E-state index contributed by atoms with van der Waals surface area (Å²) in [6, 6.07) is 17.7. The monoisotopic (exact) mass is 716 g/mol. The van der Waals surface area contributed by atoms with Crippen molar-refractivity contribution in [1.29, 1.82) is 0 Å². The minimum atomic E-state index is -0.670. The van der Waals surface area contributed by atoms with E-state index in [4.69, 9.17) is 9.73 Å². The Morgan fingerprint density at radius 3 is 2.34 bits per heavy atom. The van der Waals surface area contributed by atoms with Crippen LogP contribution in [0.3, 0.4) is 0 Å². The lowest BCUT2D eigenvalue weighted by molar-refractivity contribution is -0.144. The molecule has 4 aliphatic rings. The van der Waals surface area contributed by atoms with Crippen LogP contribution in [0.25, 0.3) is 22.2 Å². The highest BCUT2D eigenvalue weighted by molar-refractivity contribution is 5.96. The van der Waals surface area contributed by atoms with Crippen LogP contribution in [0, 0.1) is 19.8 Å². The predicted molar refractivity (Wildman–Crippen MR) is 212 cm³/mol. The number of amides is 2. The molecule has 0 spiro atoms. The molecule has 2 aromatic heterocycles. The molecule has 4 aromatic rings. The first-order chi connectivity index (χ1) is 25.4. The molecule has 2 amide bonds. The van der Waals surface area contributed by atoms with Gasteiger partial charge in [0.2, 0.25) is 11.9 Å². The van der Waals surface area contributed by atoms with Crippen LogP contribution in [-0.2, 0) is 14.9 Å². The molecule has 3 aliphatic heterocycles. The molecular formula is C44H56N6O3. The van der Waals surface area contributed by atoms with Gasteiger partial charge in [-0.1, -0.05) is 30.2 Å². The highest BCUT2D eigenvalue weighted by Gasteiger charge is 2.42. The molecule has 1 saturated carbocycles.